The Labute approximate surface area is 438 Å². The van der Waals surface area contributed by atoms with Crippen LogP contribution in [0.15, 0.2) is 97.3 Å². The number of imidazole rings is 2. The molecule has 10 heterocycles. The number of hydrogen-bond donors (Lipinski definition) is 1. The molecule has 6 aromatic heterocycles. The number of benzene rings is 2. The number of carbonyl (C=O) groups is 1. The van der Waals surface area contributed by atoms with Gasteiger partial charge in [0.25, 0.3) is 0 Å². The predicted molar refractivity (Wildman–Crippen MR) is 291 cm³/mol. The van der Waals surface area contributed by atoms with Gasteiger partial charge in [0, 0.05) is 95.5 Å². The Kier molecular flexibility index (Phi) is 12.2. The molecule has 6 aliphatic rings. The molecule has 2 saturated carbocycles. The van der Waals surface area contributed by atoms with Gasteiger partial charge in [0.1, 0.15) is 52.3 Å². The molecule has 14 heteroatoms. The summed E-state index contributed by atoms with van der Waals surface area (Å²) in [7, 11) is 0. The third-order valence-corrected chi connectivity index (χ3v) is 16.3. The van der Waals surface area contributed by atoms with Crippen LogP contribution in [0, 0.1) is 13.8 Å². The zero-order valence-corrected chi connectivity index (χ0v) is 43.8. The Morgan fingerprint density at radius 2 is 1.08 bits per heavy atom. The molecule has 14 rings (SSSR count). The fourth-order valence-corrected chi connectivity index (χ4v) is 12.8. The maximum absolute atomic E-state index is 12.5. The van der Waals surface area contributed by atoms with Gasteiger partial charge in [0.05, 0.1) is 33.8 Å². The standard InChI is InChI=1S/C33H37N5O3.C28H29N5O/c1-20-6-5-7-27(35-20)29-30(38-23-10-8-22(18-23)31(38)36-29)21-9-11-26-25(19-21)28(12-15-34-26)40-24-13-16-37(17-14-24)32(39)41-33(2,3)4;1-17-3-2-4-24(31-17)26-27(33-20-7-5-19(15-20)28(33)32-26)18-6-8-23-22(16-18)25(11-14-30-23)34-21-9-12-29-13-10-21/h5-7,9,11-12,15,19,22-24H,8,10,13-14,16-18H2,1-4H3;2-4,6,8,11,14,16,19-21,29H,5,7,9-10,12-13,15H2,1H3. The number of ether oxygens (including phenoxy) is 3. The van der Waals surface area contributed by atoms with Crippen molar-refractivity contribution in [1.29, 1.82) is 0 Å². The number of aryl methyl sites for hydroxylation is 2. The first-order valence-electron chi connectivity index (χ1n) is 27.4. The van der Waals surface area contributed by atoms with E-state index < -0.39 is 5.60 Å². The van der Waals surface area contributed by atoms with Crippen molar-refractivity contribution in [2.24, 2.45) is 0 Å². The monoisotopic (exact) mass is 1000 g/mol. The van der Waals surface area contributed by atoms with Gasteiger partial charge < -0.3 is 33.6 Å². The van der Waals surface area contributed by atoms with E-state index in [9.17, 15) is 4.79 Å². The lowest BCUT2D eigenvalue weighted by Crippen LogP contribution is -2.44. The van der Waals surface area contributed by atoms with Gasteiger partial charge in [-0.1, -0.05) is 24.3 Å². The molecule has 1 amide bonds. The smallest absolute Gasteiger partial charge is 0.410 e. The Bertz CT molecular complexity index is 3470. The van der Waals surface area contributed by atoms with Crippen LogP contribution in [-0.2, 0) is 4.74 Å². The Balaban J connectivity index is 0.000000147. The molecule has 1 N–H and O–H groups in total. The molecule has 384 valence electrons. The molecule has 4 bridgehead atoms. The molecule has 14 nitrogen and oxygen atoms in total. The van der Waals surface area contributed by atoms with Crippen molar-refractivity contribution in [2.75, 3.05) is 26.2 Å². The van der Waals surface area contributed by atoms with Crippen LogP contribution in [0.2, 0.25) is 0 Å². The number of carbonyl (C=O) groups excluding carboxylic acids is 1. The number of nitrogens with one attached hydrogen (secondary N) is 1. The van der Waals surface area contributed by atoms with Crippen LogP contribution in [0.5, 0.6) is 11.5 Å². The highest BCUT2D eigenvalue weighted by atomic mass is 16.6. The SMILES string of the molecule is Cc1cccc(-c2nc3n(c2-c2ccc4nccc(OC5CCN(C(=O)OC(C)(C)C)CC5)c4c2)C2CCC3C2)n1.Cc1cccc(-c2nc3n(c2-c2ccc4nccc(OC5CCNCC5)c4c2)C2CCC3C2)n1. The molecule has 2 aromatic carbocycles. The average Bonchev–Trinajstić information content (AvgIpc) is 4.41. The van der Waals surface area contributed by atoms with Gasteiger partial charge in [-0.15, -0.1) is 0 Å². The molecule has 75 heavy (non-hydrogen) atoms. The predicted octanol–water partition coefficient (Wildman–Crippen LogP) is 12.5. The summed E-state index contributed by atoms with van der Waals surface area (Å²) >= 11 is 0. The lowest BCUT2D eigenvalue weighted by molar-refractivity contribution is 0.0127. The zero-order chi connectivity index (χ0) is 51.0. The van der Waals surface area contributed by atoms with Crippen molar-refractivity contribution in [1.82, 2.24) is 49.3 Å². The van der Waals surface area contributed by atoms with Crippen LogP contribution < -0.4 is 14.8 Å². The Morgan fingerprint density at radius 3 is 1.56 bits per heavy atom. The Morgan fingerprint density at radius 1 is 0.587 bits per heavy atom. The first-order chi connectivity index (χ1) is 36.5. The highest BCUT2D eigenvalue weighted by Crippen LogP contribution is 2.54. The fraction of sp³-hybridized carbons (Fsp3) is 0.426. The van der Waals surface area contributed by atoms with Crippen molar-refractivity contribution in [2.45, 2.75) is 141 Å². The lowest BCUT2D eigenvalue weighted by Gasteiger charge is -2.33. The van der Waals surface area contributed by atoms with Crippen LogP contribution in [0.4, 0.5) is 4.79 Å². The second kappa shape index (κ2) is 19.2. The highest BCUT2D eigenvalue weighted by molar-refractivity contribution is 5.92. The maximum Gasteiger partial charge on any atom is 0.410 e. The van der Waals surface area contributed by atoms with Crippen LogP contribution in [-0.4, -0.2) is 94.0 Å². The number of hydrogen-bond acceptors (Lipinski definition) is 11. The number of piperidine rings is 2. The molecule has 4 atom stereocenters. The third kappa shape index (κ3) is 9.08. The maximum atomic E-state index is 12.5. The second-order valence-electron chi connectivity index (χ2n) is 22.7. The number of rotatable bonds is 8. The summed E-state index contributed by atoms with van der Waals surface area (Å²) in [6.07, 6.45) is 14.6. The second-order valence-corrected chi connectivity index (χ2v) is 22.7. The number of likely N-dealkylation sites (tertiary alicyclic amines) is 1. The van der Waals surface area contributed by atoms with Gasteiger partial charge in [0.2, 0.25) is 0 Å². The summed E-state index contributed by atoms with van der Waals surface area (Å²) in [5.74, 6) is 5.30. The lowest BCUT2D eigenvalue weighted by atomic mass is 10.0. The molecule has 4 aliphatic heterocycles. The minimum atomic E-state index is -0.497. The normalized spacial score (nSPS) is 21.1. The first kappa shape index (κ1) is 47.5. The van der Waals surface area contributed by atoms with E-state index in [1.54, 1.807) is 4.90 Å². The highest BCUT2D eigenvalue weighted by Gasteiger charge is 2.43. The number of aromatic nitrogens is 8. The number of pyridine rings is 4. The van der Waals surface area contributed by atoms with Gasteiger partial charge in [-0.05, 0) is 160 Å². The summed E-state index contributed by atoms with van der Waals surface area (Å²) in [5.41, 5.74) is 11.8. The molecular weight excluding hydrogens is 937 g/mol. The molecular formula is C61H66N10O4. The Hall–Kier alpha value is -7.19. The van der Waals surface area contributed by atoms with Crippen molar-refractivity contribution < 1.29 is 19.0 Å². The minimum absolute atomic E-state index is 0.0185. The first-order valence-corrected chi connectivity index (χ1v) is 27.4. The quantitative estimate of drug-likeness (QED) is 0.155. The van der Waals surface area contributed by atoms with Gasteiger partial charge in [-0.2, -0.15) is 0 Å². The van der Waals surface area contributed by atoms with E-state index in [4.69, 9.17) is 34.1 Å². The zero-order valence-electron chi connectivity index (χ0n) is 43.8. The number of amides is 1. The van der Waals surface area contributed by atoms with Gasteiger partial charge in [-0.3, -0.25) is 19.9 Å². The molecule has 4 unspecified atom stereocenters. The van der Waals surface area contributed by atoms with E-state index in [0.717, 1.165) is 117 Å². The van der Waals surface area contributed by atoms with Crippen molar-refractivity contribution >= 4 is 27.9 Å². The van der Waals surface area contributed by atoms with E-state index in [1.807, 2.05) is 71.3 Å². The van der Waals surface area contributed by atoms with E-state index in [0.29, 0.717) is 37.0 Å². The molecule has 4 fully saturated rings. The van der Waals surface area contributed by atoms with Gasteiger partial charge >= 0.3 is 6.09 Å². The van der Waals surface area contributed by atoms with Crippen molar-refractivity contribution in [3.63, 3.8) is 0 Å². The molecule has 2 saturated heterocycles. The summed E-state index contributed by atoms with van der Waals surface area (Å²) in [6, 6.07) is 30.4. The summed E-state index contributed by atoms with van der Waals surface area (Å²) in [6.45, 7) is 13.0. The average molecular weight is 1000 g/mol. The minimum Gasteiger partial charge on any atom is -0.490 e. The van der Waals surface area contributed by atoms with Gasteiger partial charge in [-0.25, -0.2) is 14.8 Å². The molecule has 0 spiro atoms. The fourth-order valence-electron chi connectivity index (χ4n) is 12.8. The van der Waals surface area contributed by atoms with Crippen LogP contribution >= 0.6 is 0 Å². The number of nitrogens with zero attached hydrogens (tertiary/aromatic N) is 9. The summed E-state index contributed by atoms with van der Waals surface area (Å²) in [5, 5.41) is 5.48. The molecule has 8 aromatic rings. The third-order valence-electron chi connectivity index (χ3n) is 16.3. The van der Waals surface area contributed by atoms with Crippen LogP contribution in [0.1, 0.15) is 132 Å². The topological polar surface area (TPSA) is 147 Å². The van der Waals surface area contributed by atoms with Crippen LogP contribution in [0.25, 0.3) is 67.1 Å². The summed E-state index contributed by atoms with van der Waals surface area (Å²) < 4.78 is 23.6. The van der Waals surface area contributed by atoms with Crippen molar-refractivity contribution in [3.05, 3.63) is 120 Å². The largest absolute Gasteiger partial charge is 0.490 e. The number of fused-ring (bicyclic) bond motifs is 12. The van der Waals surface area contributed by atoms with E-state index in [-0.39, 0.29) is 18.3 Å². The van der Waals surface area contributed by atoms with Crippen molar-refractivity contribution in [3.8, 4) is 56.8 Å². The van der Waals surface area contributed by atoms with E-state index in [1.165, 1.54) is 61.4 Å². The van der Waals surface area contributed by atoms with Gasteiger partial charge in [0.15, 0.2) is 0 Å². The molecule has 0 radical (unpaired) electrons. The van der Waals surface area contributed by atoms with Crippen LogP contribution in [0.3, 0.4) is 0 Å². The summed E-state index contributed by atoms with van der Waals surface area (Å²) in [4.78, 5) is 43.7. The van der Waals surface area contributed by atoms with E-state index in [2.05, 4.69) is 85.1 Å². The molecule has 2 aliphatic carbocycles. The van der Waals surface area contributed by atoms with E-state index >= 15 is 0 Å².